The summed E-state index contributed by atoms with van der Waals surface area (Å²) in [6.45, 7) is 2.91. The summed E-state index contributed by atoms with van der Waals surface area (Å²) in [6.07, 6.45) is -0.0342. The maximum atomic E-state index is 12.8. The van der Waals surface area contributed by atoms with Gasteiger partial charge in [-0.2, -0.15) is 0 Å². The van der Waals surface area contributed by atoms with Gasteiger partial charge in [-0.15, -0.1) is 0 Å². The molecule has 0 radical (unpaired) electrons. The Morgan fingerprint density at radius 3 is 2.50 bits per heavy atom. The Hall–Kier alpha value is -3.75. The van der Waals surface area contributed by atoms with E-state index in [4.69, 9.17) is 9.47 Å². The summed E-state index contributed by atoms with van der Waals surface area (Å²) in [5.41, 5.74) is 1.89. The molecule has 3 heterocycles. The van der Waals surface area contributed by atoms with Crippen LogP contribution in [0, 0.1) is 0 Å². The monoisotopic (exact) mass is 436 g/mol. The Kier molecular flexibility index (Phi) is 5.30. The van der Waals surface area contributed by atoms with Crippen molar-refractivity contribution in [2.24, 2.45) is 0 Å². The van der Waals surface area contributed by atoms with Crippen molar-refractivity contribution in [2.75, 3.05) is 37.9 Å². The number of nitrogens with one attached hydrogen (secondary N) is 1. The van der Waals surface area contributed by atoms with Crippen molar-refractivity contribution in [2.45, 2.75) is 19.0 Å². The van der Waals surface area contributed by atoms with Gasteiger partial charge >= 0.3 is 6.03 Å². The van der Waals surface area contributed by atoms with Crippen LogP contribution < -0.4 is 19.7 Å². The van der Waals surface area contributed by atoms with E-state index in [9.17, 15) is 14.4 Å². The molecule has 9 nitrogen and oxygen atoms in total. The van der Waals surface area contributed by atoms with Crippen molar-refractivity contribution >= 4 is 23.5 Å². The van der Waals surface area contributed by atoms with E-state index in [-0.39, 0.29) is 31.6 Å². The second-order valence-corrected chi connectivity index (χ2v) is 8.02. The van der Waals surface area contributed by atoms with Gasteiger partial charge < -0.3 is 24.6 Å². The van der Waals surface area contributed by atoms with Crippen LogP contribution in [0.5, 0.6) is 11.5 Å². The van der Waals surface area contributed by atoms with Gasteiger partial charge in [0.2, 0.25) is 12.7 Å². The summed E-state index contributed by atoms with van der Waals surface area (Å²) < 4.78 is 10.6. The molecule has 3 aliphatic rings. The van der Waals surface area contributed by atoms with Crippen LogP contribution in [-0.4, -0.2) is 66.7 Å². The number of hydrogen-bond acceptors (Lipinski definition) is 6. The average Bonchev–Trinajstić information content (AvgIpc) is 3.39. The number of fused-ring (bicyclic) bond motifs is 1. The van der Waals surface area contributed by atoms with Gasteiger partial charge in [0.15, 0.2) is 11.5 Å². The third kappa shape index (κ3) is 3.93. The predicted octanol–water partition coefficient (Wildman–Crippen LogP) is 1.57. The number of anilines is 1. The molecule has 166 valence electrons. The zero-order chi connectivity index (χ0) is 22.1. The minimum atomic E-state index is -0.837. The fourth-order valence-corrected chi connectivity index (χ4v) is 4.24. The topological polar surface area (TPSA) is 91.4 Å². The minimum Gasteiger partial charge on any atom is -0.454 e. The minimum absolute atomic E-state index is 0.0342. The second-order valence-electron chi connectivity index (χ2n) is 8.02. The number of amides is 4. The number of piperazine rings is 1. The maximum absolute atomic E-state index is 12.8. The van der Waals surface area contributed by atoms with Gasteiger partial charge in [-0.05, 0) is 29.8 Å². The van der Waals surface area contributed by atoms with E-state index in [2.05, 4.69) is 22.3 Å². The van der Waals surface area contributed by atoms with Crippen molar-refractivity contribution in [3.05, 3.63) is 54.1 Å². The Labute approximate surface area is 185 Å². The van der Waals surface area contributed by atoms with E-state index in [1.165, 1.54) is 0 Å². The highest BCUT2D eigenvalue weighted by molar-refractivity contribution is 6.05. The summed E-state index contributed by atoms with van der Waals surface area (Å²) in [5, 5.41) is 2.65. The number of imide groups is 1. The Balaban J connectivity index is 1.16. The molecule has 0 aliphatic carbocycles. The number of carbonyl (C=O) groups excluding carboxylic acids is 3. The number of rotatable bonds is 5. The van der Waals surface area contributed by atoms with Gasteiger partial charge in [-0.1, -0.05) is 24.3 Å². The van der Waals surface area contributed by atoms with E-state index < -0.39 is 12.1 Å². The molecule has 0 spiro atoms. The molecule has 0 bridgehead atoms. The number of hydrogen-bond donors (Lipinski definition) is 1. The van der Waals surface area contributed by atoms with Gasteiger partial charge in [0.25, 0.3) is 5.91 Å². The normalized spacial score (nSPS) is 20.0. The predicted molar refractivity (Wildman–Crippen MR) is 115 cm³/mol. The highest BCUT2D eigenvalue weighted by Crippen LogP contribution is 2.33. The summed E-state index contributed by atoms with van der Waals surface area (Å²) in [7, 11) is 0. The highest BCUT2D eigenvalue weighted by Gasteiger charge is 2.40. The van der Waals surface area contributed by atoms with Crippen molar-refractivity contribution in [3.8, 4) is 11.5 Å². The van der Waals surface area contributed by atoms with E-state index >= 15 is 0 Å². The van der Waals surface area contributed by atoms with Crippen LogP contribution in [0.1, 0.15) is 12.0 Å². The maximum Gasteiger partial charge on any atom is 0.325 e. The molecule has 0 unspecified atom stereocenters. The lowest BCUT2D eigenvalue weighted by Crippen LogP contribution is -2.50. The zero-order valence-corrected chi connectivity index (χ0v) is 17.5. The molecule has 9 heteroatoms. The molecule has 3 aliphatic heterocycles. The molecule has 1 atom stereocenters. The Bertz CT molecular complexity index is 1040. The lowest BCUT2D eigenvalue weighted by Gasteiger charge is -2.36. The number of ether oxygens (including phenoxy) is 2. The number of para-hydroxylation sites is 1. The first-order chi connectivity index (χ1) is 15.6. The molecular formula is C23H24N4O5. The lowest BCUT2D eigenvalue weighted by atomic mass is 10.1. The van der Waals surface area contributed by atoms with E-state index in [0.717, 1.165) is 29.2 Å². The quantitative estimate of drug-likeness (QED) is 0.716. The van der Waals surface area contributed by atoms with E-state index in [0.29, 0.717) is 24.6 Å². The first-order valence-corrected chi connectivity index (χ1v) is 10.7. The van der Waals surface area contributed by atoms with Crippen LogP contribution in [0.25, 0.3) is 0 Å². The van der Waals surface area contributed by atoms with Crippen molar-refractivity contribution in [1.29, 1.82) is 0 Å². The smallest absolute Gasteiger partial charge is 0.325 e. The molecule has 0 saturated carbocycles. The molecule has 0 aromatic heterocycles. The fraction of sp³-hybridized carbons (Fsp3) is 0.348. The van der Waals surface area contributed by atoms with Crippen LogP contribution in [-0.2, 0) is 16.1 Å². The Morgan fingerprint density at radius 2 is 1.72 bits per heavy atom. The van der Waals surface area contributed by atoms with Crippen molar-refractivity contribution < 1.29 is 23.9 Å². The number of urea groups is 1. The zero-order valence-electron chi connectivity index (χ0n) is 17.5. The van der Waals surface area contributed by atoms with E-state index in [1.807, 2.05) is 18.2 Å². The molecule has 4 amide bonds. The third-order valence-corrected chi connectivity index (χ3v) is 6.02. The standard InChI is InChI=1S/C23H24N4O5/c28-21(26-10-8-25(9-11-26)17-4-2-1-3-5-17)13-18-22(29)27(23(30)24-18)14-16-6-7-19-20(12-16)32-15-31-19/h1-7,12,18H,8-11,13-15H2,(H,24,30)/t18-/m0/s1. The van der Waals surface area contributed by atoms with Crippen LogP contribution >= 0.6 is 0 Å². The number of benzene rings is 2. The van der Waals surface area contributed by atoms with Crippen molar-refractivity contribution in [1.82, 2.24) is 15.1 Å². The van der Waals surface area contributed by atoms with Gasteiger partial charge in [-0.3, -0.25) is 14.5 Å². The summed E-state index contributed by atoms with van der Waals surface area (Å²) in [6, 6.07) is 14.1. The fourth-order valence-electron chi connectivity index (χ4n) is 4.24. The SMILES string of the molecule is O=C(C[C@@H]1NC(=O)N(Cc2ccc3c(c2)OCO3)C1=O)N1CCN(c2ccccc2)CC1. The van der Waals surface area contributed by atoms with E-state index in [1.54, 1.807) is 23.1 Å². The second kappa shape index (κ2) is 8.41. The first kappa shape index (κ1) is 20.2. The molecular weight excluding hydrogens is 412 g/mol. The largest absolute Gasteiger partial charge is 0.454 e. The molecule has 2 aromatic carbocycles. The van der Waals surface area contributed by atoms with Crippen LogP contribution in [0.15, 0.2) is 48.5 Å². The molecule has 5 rings (SSSR count). The lowest BCUT2D eigenvalue weighted by molar-refractivity contribution is -0.136. The third-order valence-electron chi connectivity index (χ3n) is 6.02. The molecule has 2 aromatic rings. The summed E-state index contributed by atoms with van der Waals surface area (Å²) >= 11 is 0. The average molecular weight is 436 g/mol. The van der Waals surface area contributed by atoms with Gasteiger partial charge in [0.1, 0.15) is 6.04 Å². The molecule has 2 fully saturated rings. The number of nitrogens with zero attached hydrogens (tertiary/aromatic N) is 3. The molecule has 1 N–H and O–H groups in total. The van der Waals surface area contributed by atoms with Gasteiger partial charge in [-0.25, -0.2) is 4.79 Å². The summed E-state index contributed by atoms with van der Waals surface area (Å²) in [4.78, 5) is 43.2. The Morgan fingerprint density at radius 1 is 0.969 bits per heavy atom. The molecule has 32 heavy (non-hydrogen) atoms. The van der Waals surface area contributed by atoms with Gasteiger partial charge in [0.05, 0.1) is 13.0 Å². The first-order valence-electron chi connectivity index (χ1n) is 10.7. The number of carbonyl (C=O) groups is 3. The van der Waals surface area contributed by atoms with Crippen LogP contribution in [0.2, 0.25) is 0 Å². The van der Waals surface area contributed by atoms with Crippen LogP contribution in [0.4, 0.5) is 10.5 Å². The molecule has 2 saturated heterocycles. The van der Waals surface area contributed by atoms with Crippen molar-refractivity contribution in [3.63, 3.8) is 0 Å². The summed E-state index contributed by atoms with van der Waals surface area (Å²) in [5.74, 6) is 0.725. The highest BCUT2D eigenvalue weighted by atomic mass is 16.7. The van der Waals surface area contributed by atoms with Gasteiger partial charge in [0, 0.05) is 31.9 Å². The van der Waals surface area contributed by atoms with Crippen LogP contribution in [0.3, 0.4) is 0 Å².